The summed E-state index contributed by atoms with van der Waals surface area (Å²) in [5.41, 5.74) is 1.93. The minimum atomic E-state index is -0.0615. The van der Waals surface area contributed by atoms with Gasteiger partial charge in [-0.2, -0.15) is 0 Å². The number of benzene rings is 2. The first-order valence-electron chi connectivity index (χ1n) is 8.72. The number of carbonyl (C=O) groups is 1. The van der Waals surface area contributed by atoms with Crippen molar-refractivity contribution in [1.82, 2.24) is 14.8 Å². The number of nitrogens with zero attached hydrogens (tertiary/aromatic N) is 3. The van der Waals surface area contributed by atoms with Crippen molar-refractivity contribution in [2.75, 3.05) is 18.2 Å². The molecule has 6 nitrogen and oxygen atoms in total. The summed E-state index contributed by atoms with van der Waals surface area (Å²) in [7, 11) is 1.65. The number of thioether (sulfide) groups is 1. The molecule has 0 unspecified atom stereocenters. The quantitative estimate of drug-likeness (QED) is 0.603. The largest absolute Gasteiger partial charge is 0.497 e. The lowest BCUT2D eigenvalue weighted by Crippen LogP contribution is -2.14. The number of anilines is 1. The number of methoxy groups -OCH3 is 1. The molecule has 0 aliphatic rings. The summed E-state index contributed by atoms with van der Waals surface area (Å²) in [6, 6.07) is 17.3. The molecule has 1 amide bonds. The van der Waals surface area contributed by atoms with E-state index in [4.69, 9.17) is 4.74 Å². The van der Waals surface area contributed by atoms with E-state index in [1.165, 1.54) is 11.8 Å². The van der Waals surface area contributed by atoms with Gasteiger partial charge in [-0.05, 0) is 36.8 Å². The van der Waals surface area contributed by atoms with Crippen LogP contribution in [0.25, 0.3) is 0 Å². The molecule has 7 heteroatoms. The van der Waals surface area contributed by atoms with Gasteiger partial charge in [0.25, 0.3) is 0 Å². The standard InChI is InChI=1S/C20H22N4O2S/c1-3-24-18(13-15-9-11-17(26-2)12-10-15)22-23-20(24)27-14-19(25)21-16-7-5-4-6-8-16/h4-12H,3,13-14H2,1-2H3,(H,21,25). The lowest BCUT2D eigenvalue weighted by molar-refractivity contribution is -0.113. The normalized spacial score (nSPS) is 10.6. The molecular formula is C20H22N4O2S. The van der Waals surface area contributed by atoms with E-state index >= 15 is 0 Å². The summed E-state index contributed by atoms with van der Waals surface area (Å²) in [6.45, 7) is 2.80. The maximum absolute atomic E-state index is 12.1. The Hall–Kier alpha value is -2.80. The average molecular weight is 382 g/mol. The Morgan fingerprint density at radius 2 is 1.85 bits per heavy atom. The fourth-order valence-electron chi connectivity index (χ4n) is 2.65. The fourth-order valence-corrected chi connectivity index (χ4v) is 3.47. The molecule has 3 rings (SSSR count). The second-order valence-electron chi connectivity index (χ2n) is 5.87. The van der Waals surface area contributed by atoms with Crippen LogP contribution in [0.1, 0.15) is 18.3 Å². The topological polar surface area (TPSA) is 69.0 Å². The van der Waals surface area contributed by atoms with Gasteiger partial charge in [0.05, 0.1) is 12.9 Å². The molecule has 0 spiro atoms. The summed E-state index contributed by atoms with van der Waals surface area (Å²) < 4.78 is 7.24. The third-order valence-electron chi connectivity index (χ3n) is 4.02. The molecule has 1 N–H and O–H groups in total. The lowest BCUT2D eigenvalue weighted by Gasteiger charge is -2.08. The summed E-state index contributed by atoms with van der Waals surface area (Å²) in [4.78, 5) is 12.1. The van der Waals surface area contributed by atoms with E-state index in [2.05, 4.69) is 22.4 Å². The molecule has 1 heterocycles. The predicted molar refractivity (Wildman–Crippen MR) is 107 cm³/mol. The van der Waals surface area contributed by atoms with Crippen molar-refractivity contribution in [3.8, 4) is 5.75 Å². The average Bonchev–Trinajstić information content (AvgIpc) is 3.09. The number of carbonyl (C=O) groups excluding carboxylic acids is 1. The van der Waals surface area contributed by atoms with Crippen molar-refractivity contribution < 1.29 is 9.53 Å². The lowest BCUT2D eigenvalue weighted by atomic mass is 10.1. The van der Waals surface area contributed by atoms with Gasteiger partial charge in [0.2, 0.25) is 5.91 Å². The third kappa shape index (κ3) is 5.10. The van der Waals surface area contributed by atoms with Gasteiger partial charge < -0.3 is 14.6 Å². The number of ether oxygens (including phenoxy) is 1. The van der Waals surface area contributed by atoms with Crippen molar-refractivity contribution in [2.45, 2.75) is 25.0 Å². The van der Waals surface area contributed by atoms with E-state index in [1.807, 2.05) is 59.2 Å². The van der Waals surface area contributed by atoms with Gasteiger partial charge in [0.1, 0.15) is 11.6 Å². The zero-order valence-electron chi connectivity index (χ0n) is 15.4. The van der Waals surface area contributed by atoms with Crippen molar-refractivity contribution in [2.24, 2.45) is 0 Å². The van der Waals surface area contributed by atoms with Gasteiger partial charge in [0, 0.05) is 18.7 Å². The molecule has 0 aliphatic carbocycles. The van der Waals surface area contributed by atoms with Crippen LogP contribution in [0.15, 0.2) is 59.8 Å². The molecule has 0 aliphatic heterocycles. The minimum absolute atomic E-state index is 0.0615. The summed E-state index contributed by atoms with van der Waals surface area (Å²) in [5.74, 6) is 1.94. The second kappa shape index (κ2) is 9.23. The van der Waals surface area contributed by atoms with Gasteiger partial charge in [0.15, 0.2) is 5.16 Å². The first-order chi connectivity index (χ1) is 13.2. The van der Waals surface area contributed by atoms with Crippen LogP contribution < -0.4 is 10.1 Å². The first kappa shape index (κ1) is 19.0. The van der Waals surface area contributed by atoms with Crippen molar-refractivity contribution in [3.05, 3.63) is 66.0 Å². The van der Waals surface area contributed by atoms with Crippen molar-refractivity contribution in [1.29, 1.82) is 0 Å². The molecule has 27 heavy (non-hydrogen) atoms. The van der Waals surface area contributed by atoms with Crippen LogP contribution in [0.4, 0.5) is 5.69 Å². The summed E-state index contributed by atoms with van der Waals surface area (Å²) in [5, 5.41) is 12.2. The first-order valence-corrected chi connectivity index (χ1v) is 9.71. The molecule has 0 radical (unpaired) electrons. The maximum atomic E-state index is 12.1. The molecule has 0 saturated carbocycles. The molecule has 0 atom stereocenters. The zero-order chi connectivity index (χ0) is 19.1. The van der Waals surface area contributed by atoms with E-state index in [0.29, 0.717) is 6.42 Å². The highest BCUT2D eigenvalue weighted by atomic mass is 32.2. The van der Waals surface area contributed by atoms with Crippen LogP contribution >= 0.6 is 11.8 Å². The van der Waals surface area contributed by atoms with Gasteiger partial charge in [-0.15, -0.1) is 10.2 Å². The predicted octanol–water partition coefficient (Wildman–Crippen LogP) is 3.63. The van der Waals surface area contributed by atoms with Crippen LogP contribution in [0, 0.1) is 0 Å². The van der Waals surface area contributed by atoms with E-state index < -0.39 is 0 Å². The Morgan fingerprint density at radius 1 is 1.11 bits per heavy atom. The number of amides is 1. The molecule has 1 aromatic heterocycles. The third-order valence-corrected chi connectivity index (χ3v) is 4.99. The Kier molecular flexibility index (Phi) is 6.49. The molecule has 140 valence electrons. The van der Waals surface area contributed by atoms with Crippen LogP contribution in [0.3, 0.4) is 0 Å². The Bertz CT molecular complexity index is 879. The van der Waals surface area contributed by atoms with Crippen LogP contribution in [-0.2, 0) is 17.8 Å². The minimum Gasteiger partial charge on any atom is -0.497 e. The molecule has 0 bridgehead atoms. The van der Waals surface area contributed by atoms with E-state index in [-0.39, 0.29) is 11.7 Å². The number of aromatic nitrogens is 3. The molecular weight excluding hydrogens is 360 g/mol. The van der Waals surface area contributed by atoms with Crippen LogP contribution in [0.5, 0.6) is 5.75 Å². The second-order valence-corrected chi connectivity index (χ2v) is 6.81. The maximum Gasteiger partial charge on any atom is 0.234 e. The number of para-hydroxylation sites is 1. The highest BCUT2D eigenvalue weighted by Gasteiger charge is 2.13. The van der Waals surface area contributed by atoms with E-state index in [1.54, 1.807) is 7.11 Å². The smallest absolute Gasteiger partial charge is 0.234 e. The van der Waals surface area contributed by atoms with E-state index in [0.717, 1.165) is 34.5 Å². The molecule has 3 aromatic rings. The highest BCUT2D eigenvalue weighted by Crippen LogP contribution is 2.20. The van der Waals surface area contributed by atoms with Crippen LogP contribution in [-0.4, -0.2) is 33.5 Å². The number of hydrogen-bond donors (Lipinski definition) is 1. The number of nitrogens with one attached hydrogen (secondary N) is 1. The monoisotopic (exact) mass is 382 g/mol. The van der Waals surface area contributed by atoms with Crippen LogP contribution in [0.2, 0.25) is 0 Å². The molecule has 0 fully saturated rings. The summed E-state index contributed by atoms with van der Waals surface area (Å²) in [6.07, 6.45) is 0.682. The van der Waals surface area contributed by atoms with E-state index in [9.17, 15) is 4.79 Å². The van der Waals surface area contributed by atoms with Gasteiger partial charge in [-0.3, -0.25) is 4.79 Å². The molecule has 0 saturated heterocycles. The van der Waals surface area contributed by atoms with Crippen molar-refractivity contribution >= 4 is 23.4 Å². The number of rotatable bonds is 8. The zero-order valence-corrected chi connectivity index (χ0v) is 16.2. The summed E-state index contributed by atoms with van der Waals surface area (Å²) >= 11 is 1.39. The van der Waals surface area contributed by atoms with Gasteiger partial charge >= 0.3 is 0 Å². The fraction of sp³-hybridized carbons (Fsp3) is 0.250. The van der Waals surface area contributed by atoms with Gasteiger partial charge in [-0.25, -0.2) is 0 Å². The van der Waals surface area contributed by atoms with Crippen molar-refractivity contribution in [3.63, 3.8) is 0 Å². The van der Waals surface area contributed by atoms with Gasteiger partial charge in [-0.1, -0.05) is 42.1 Å². The highest BCUT2D eigenvalue weighted by molar-refractivity contribution is 7.99. The Balaban J connectivity index is 1.62. The number of hydrogen-bond acceptors (Lipinski definition) is 5. The SMILES string of the molecule is CCn1c(Cc2ccc(OC)cc2)nnc1SCC(=O)Nc1ccccc1. The Morgan fingerprint density at radius 3 is 2.52 bits per heavy atom. The molecule has 2 aromatic carbocycles. The Labute approximate surface area is 163 Å².